The van der Waals surface area contributed by atoms with Crippen LogP contribution in [0.4, 0.5) is 0 Å². The Morgan fingerprint density at radius 3 is 1.96 bits per heavy atom. The molecule has 0 aliphatic heterocycles. The Morgan fingerprint density at radius 1 is 0.852 bits per heavy atom. The van der Waals surface area contributed by atoms with Crippen molar-refractivity contribution >= 4 is 11.0 Å². The van der Waals surface area contributed by atoms with Crippen molar-refractivity contribution in [2.24, 2.45) is 0 Å². The van der Waals surface area contributed by atoms with Crippen LogP contribution in [0.3, 0.4) is 0 Å². The molecule has 1 nitrogen and oxygen atoms in total. The quantitative estimate of drug-likeness (QED) is 0.302. The van der Waals surface area contributed by atoms with Crippen molar-refractivity contribution in [2.75, 3.05) is 0 Å². The Balaban J connectivity index is 0. The van der Waals surface area contributed by atoms with E-state index in [9.17, 15) is 0 Å². The molecule has 0 atom stereocenters. The monoisotopic (exact) mass is 514 g/mol. The fraction of sp³-hybridized carbons (Fsp3) is 0.333. The smallest absolute Gasteiger partial charge is 0.139 e. The van der Waals surface area contributed by atoms with Crippen molar-refractivity contribution in [3.63, 3.8) is 0 Å². The minimum atomic E-state index is 0. The van der Waals surface area contributed by atoms with E-state index in [4.69, 9.17) is 4.42 Å². The van der Waals surface area contributed by atoms with E-state index in [1.807, 2.05) is 12.1 Å². The van der Waals surface area contributed by atoms with Crippen LogP contribution in [0.15, 0.2) is 52.9 Å². The zero-order chi connectivity index (χ0) is 17.7. The molecule has 0 saturated carbocycles. The van der Waals surface area contributed by atoms with Crippen molar-refractivity contribution in [1.29, 1.82) is 0 Å². The molecule has 4 rings (SSSR count). The first kappa shape index (κ1) is 29.4. The summed E-state index contributed by atoms with van der Waals surface area (Å²) in [7, 11) is 0. The first-order chi connectivity index (χ1) is 11.6. The van der Waals surface area contributed by atoms with Gasteiger partial charge in [-0.25, -0.2) is 0 Å². The largest absolute Gasteiger partial charge is 0.456 e. The molecule has 0 N–H and O–H groups in total. The predicted molar refractivity (Wildman–Crippen MR) is 112 cm³/mol. The Morgan fingerprint density at radius 2 is 1.37 bits per heavy atom. The number of benzene rings is 2. The van der Waals surface area contributed by atoms with E-state index < -0.39 is 0 Å². The van der Waals surface area contributed by atoms with Gasteiger partial charge in [-0.2, -0.15) is 6.92 Å². The molecular formula is C24H32OY2-2. The van der Waals surface area contributed by atoms with Gasteiger partial charge < -0.3 is 18.8 Å². The van der Waals surface area contributed by atoms with E-state index in [0.717, 1.165) is 11.3 Å². The number of rotatable bonds is 1. The second-order valence-electron chi connectivity index (χ2n) is 6.47. The number of para-hydroxylation sites is 1. The van der Waals surface area contributed by atoms with Gasteiger partial charge in [0, 0.05) is 87.3 Å². The van der Waals surface area contributed by atoms with Crippen LogP contribution in [0.25, 0.3) is 22.3 Å². The number of furan rings is 1. The molecule has 0 spiro atoms. The standard InChI is InChI=1S/C17H14O.C4H10.C2H5.CH3.2Y/c1-17(2)13-9-5-3-7-11(13)16-15(17)12-8-4-6-10-14(12)18-16;1-3-4-2;1-2;;;/h3-10H,1-2H3;3-4H2,1-2H3;1H2,2H3;1H3;;/q;;2*-1;;. The van der Waals surface area contributed by atoms with E-state index >= 15 is 0 Å². The Kier molecular flexibility index (Phi) is 14.6. The average molecular weight is 514 g/mol. The summed E-state index contributed by atoms with van der Waals surface area (Å²) >= 11 is 0. The second kappa shape index (κ2) is 13.4. The van der Waals surface area contributed by atoms with Gasteiger partial charge in [-0.15, -0.1) is 0 Å². The molecule has 142 valence electrons. The van der Waals surface area contributed by atoms with Gasteiger partial charge in [-0.05, 0) is 11.6 Å². The van der Waals surface area contributed by atoms with Gasteiger partial charge >= 0.3 is 0 Å². The predicted octanol–water partition coefficient (Wildman–Crippen LogP) is 7.83. The maximum absolute atomic E-state index is 6.07. The molecule has 3 heteroatoms. The van der Waals surface area contributed by atoms with Crippen LogP contribution in [0.2, 0.25) is 0 Å². The molecule has 1 aliphatic rings. The molecule has 0 saturated heterocycles. The van der Waals surface area contributed by atoms with E-state index in [-0.39, 0.29) is 78.3 Å². The van der Waals surface area contributed by atoms with E-state index in [1.165, 1.54) is 34.9 Å². The van der Waals surface area contributed by atoms with Gasteiger partial charge in [0.05, 0.1) is 0 Å². The molecular weight excluding hydrogens is 482 g/mol. The SMILES string of the molecule is CC1(C)c2ccccc2-c2oc3ccccc3c21.CCCC.[CH2-]C.[CH3-].[Y].[Y]. The van der Waals surface area contributed by atoms with E-state index in [1.54, 1.807) is 6.92 Å². The number of unbranched alkanes of at least 4 members (excludes halogenated alkanes) is 1. The van der Waals surface area contributed by atoms with Crippen molar-refractivity contribution in [2.45, 2.75) is 52.9 Å². The number of fused-ring (bicyclic) bond motifs is 5. The first-order valence-corrected chi connectivity index (χ1v) is 8.93. The Labute approximate surface area is 216 Å². The molecule has 0 unspecified atom stereocenters. The third kappa shape index (κ3) is 5.85. The Bertz CT molecular complexity index is 801. The van der Waals surface area contributed by atoms with Crippen LogP contribution < -0.4 is 0 Å². The van der Waals surface area contributed by atoms with Crippen LogP contribution in [-0.4, -0.2) is 0 Å². The zero-order valence-electron chi connectivity index (χ0n) is 17.8. The molecule has 3 aromatic rings. The third-order valence-corrected chi connectivity index (χ3v) is 4.57. The van der Waals surface area contributed by atoms with Gasteiger partial charge in [0.2, 0.25) is 0 Å². The maximum atomic E-state index is 6.07. The summed E-state index contributed by atoms with van der Waals surface area (Å²) in [4.78, 5) is 0. The van der Waals surface area contributed by atoms with Crippen molar-refractivity contribution in [3.05, 3.63) is 74.0 Å². The first-order valence-electron chi connectivity index (χ1n) is 8.93. The Hall–Kier alpha value is 0.188. The van der Waals surface area contributed by atoms with Gasteiger partial charge in [-0.3, -0.25) is 0 Å². The van der Waals surface area contributed by atoms with Crippen LogP contribution in [0.1, 0.15) is 58.6 Å². The molecule has 2 aromatic carbocycles. The molecule has 1 aliphatic carbocycles. The molecule has 2 radical (unpaired) electrons. The summed E-state index contributed by atoms with van der Waals surface area (Å²) < 4.78 is 6.07. The van der Waals surface area contributed by atoms with Crippen molar-refractivity contribution in [1.82, 2.24) is 0 Å². The third-order valence-electron chi connectivity index (χ3n) is 4.57. The van der Waals surface area contributed by atoms with Crippen LogP contribution in [-0.2, 0) is 70.8 Å². The van der Waals surface area contributed by atoms with Gasteiger partial charge in [-0.1, -0.05) is 83.0 Å². The van der Waals surface area contributed by atoms with Gasteiger partial charge in [0.25, 0.3) is 0 Å². The zero-order valence-corrected chi connectivity index (χ0v) is 23.5. The molecule has 0 fully saturated rings. The summed E-state index contributed by atoms with van der Waals surface area (Å²) in [6, 6.07) is 16.9. The fourth-order valence-corrected chi connectivity index (χ4v) is 3.22. The maximum Gasteiger partial charge on any atom is 0.139 e. The summed E-state index contributed by atoms with van der Waals surface area (Å²) in [5.74, 6) is 1.05. The van der Waals surface area contributed by atoms with Gasteiger partial charge in [0.15, 0.2) is 0 Å². The van der Waals surface area contributed by atoms with Crippen LogP contribution in [0, 0.1) is 14.4 Å². The van der Waals surface area contributed by atoms with Crippen LogP contribution >= 0.6 is 0 Å². The van der Waals surface area contributed by atoms with Gasteiger partial charge in [0.1, 0.15) is 11.3 Å². The minimum absolute atomic E-state index is 0. The van der Waals surface area contributed by atoms with Crippen molar-refractivity contribution in [3.8, 4) is 11.3 Å². The fourth-order valence-electron chi connectivity index (χ4n) is 3.22. The molecule has 0 amide bonds. The summed E-state index contributed by atoms with van der Waals surface area (Å²) in [5.41, 5.74) is 4.96. The van der Waals surface area contributed by atoms with Crippen LogP contribution in [0.5, 0.6) is 0 Å². The molecule has 1 aromatic heterocycles. The minimum Gasteiger partial charge on any atom is -0.456 e. The summed E-state index contributed by atoms with van der Waals surface area (Å²) in [6.07, 6.45) is 2.64. The number of hydrogen-bond donors (Lipinski definition) is 0. The summed E-state index contributed by atoms with van der Waals surface area (Å²) in [6.45, 7) is 13.9. The van der Waals surface area contributed by atoms with E-state index in [0.29, 0.717) is 0 Å². The molecule has 0 bridgehead atoms. The van der Waals surface area contributed by atoms with E-state index in [2.05, 4.69) is 71.0 Å². The topological polar surface area (TPSA) is 13.1 Å². The number of hydrogen-bond acceptors (Lipinski definition) is 1. The van der Waals surface area contributed by atoms with Crippen molar-refractivity contribution < 1.29 is 69.8 Å². The summed E-state index contributed by atoms with van der Waals surface area (Å²) in [5, 5.41) is 1.24. The normalized spacial score (nSPS) is 11.8. The molecule has 1 heterocycles. The average Bonchev–Trinajstić information content (AvgIpc) is 3.12. The molecule has 27 heavy (non-hydrogen) atoms. The second-order valence-corrected chi connectivity index (χ2v) is 6.47.